The average Bonchev–Trinajstić information content (AvgIpc) is 3.45. The highest BCUT2D eigenvalue weighted by molar-refractivity contribution is 7.93. The van der Waals surface area contributed by atoms with Gasteiger partial charge in [0.2, 0.25) is 0 Å². The van der Waals surface area contributed by atoms with Crippen molar-refractivity contribution in [1.82, 2.24) is 14.5 Å². The van der Waals surface area contributed by atoms with Gasteiger partial charge in [-0.05, 0) is 94.2 Å². The second-order valence-corrected chi connectivity index (χ2v) is 13.4. The van der Waals surface area contributed by atoms with Crippen molar-refractivity contribution in [3.8, 4) is 5.69 Å². The van der Waals surface area contributed by atoms with Crippen molar-refractivity contribution in [3.05, 3.63) is 53.7 Å². The molecule has 0 amide bonds. The molecular weight excluding hydrogens is 475 g/mol. The fraction of sp³-hybridized carbons (Fsp3) is 0.536. The van der Waals surface area contributed by atoms with Crippen molar-refractivity contribution < 1.29 is 13.3 Å². The van der Waals surface area contributed by atoms with Gasteiger partial charge in [-0.3, -0.25) is 4.98 Å². The lowest BCUT2D eigenvalue weighted by Gasteiger charge is -2.27. The van der Waals surface area contributed by atoms with Crippen LogP contribution in [-0.4, -0.2) is 56.8 Å². The lowest BCUT2D eigenvalue weighted by molar-refractivity contribution is 0.0551. The van der Waals surface area contributed by atoms with Gasteiger partial charge in [0.05, 0.1) is 32.0 Å². The normalized spacial score (nSPS) is 21.4. The van der Waals surface area contributed by atoms with Crippen molar-refractivity contribution >= 4 is 20.6 Å². The van der Waals surface area contributed by atoms with E-state index in [9.17, 15) is 8.60 Å². The van der Waals surface area contributed by atoms with Gasteiger partial charge in [-0.2, -0.15) is 0 Å². The number of aromatic nitrogens is 2. The first-order chi connectivity index (χ1) is 17.2. The van der Waals surface area contributed by atoms with Gasteiger partial charge in [0.1, 0.15) is 5.82 Å². The van der Waals surface area contributed by atoms with E-state index in [0.29, 0.717) is 11.6 Å². The standard InChI is InChI=1S/C28H37FN4O2S/c1-19(2)36(30,34)27-13-24(29)4-5-25(27)33-18-23(28-20(3)14-31-15-26(28)33)12-22-6-9-32(17-22)16-21-7-10-35-11-8-21/h4-5,13-15,18-19,21-22,30H,6-12,16-17H2,1-3H3/t22-,36+/m1/s1. The molecule has 2 aromatic heterocycles. The number of rotatable bonds is 7. The molecule has 0 bridgehead atoms. The fourth-order valence-electron chi connectivity index (χ4n) is 5.83. The lowest BCUT2D eigenvalue weighted by Crippen LogP contribution is -2.31. The topological polar surface area (TPSA) is 71.2 Å². The Morgan fingerprint density at radius 2 is 1.97 bits per heavy atom. The van der Waals surface area contributed by atoms with Crippen LogP contribution in [0.2, 0.25) is 0 Å². The summed E-state index contributed by atoms with van der Waals surface area (Å²) in [6.45, 7) is 10.8. The van der Waals surface area contributed by atoms with Gasteiger partial charge < -0.3 is 14.2 Å². The molecule has 0 unspecified atom stereocenters. The van der Waals surface area contributed by atoms with Crippen molar-refractivity contribution in [2.75, 3.05) is 32.8 Å². The van der Waals surface area contributed by atoms with Gasteiger partial charge in [-0.25, -0.2) is 13.4 Å². The summed E-state index contributed by atoms with van der Waals surface area (Å²) < 4.78 is 43.8. The molecule has 4 heterocycles. The number of hydrogen-bond acceptors (Lipinski definition) is 5. The molecule has 0 radical (unpaired) electrons. The molecule has 1 N–H and O–H groups in total. The van der Waals surface area contributed by atoms with Crippen LogP contribution in [0.25, 0.3) is 16.6 Å². The molecular formula is C28H37FN4O2S. The van der Waals surface area contributed by atoms with E-state index in [1.54, 1.807) is 19.9 Å². The van der Waals surface area contributed by atoms with Crippen molar-refractivity contribution in [3.63, 3.8) is 0 Å². The van der Waals surface area contributed by atoms with E-state index in [1.165, 1.54) is 24.1 Å². The highest BCUT2D eigenvalue weighted by Gasteiger charge is 2.28. The van der Waals surface area contributed by atoms with E-state index in [4.69, 9.17) is 9.52 Å². The first kappa shape index (κ1) is 25.4. The Bertz CT molecular complexity index is 1350. The van der Waals surface area contributed by atoms with Crippen LogP contribution in [-0.2, 0) is 20.9 Å². The number of pyridine rings is 1. The molecule has 2 saturated heterocycles. The monoisotopic (exact) mass is 512 g/mol. The maximum Gasteiger partial charge on any atom is 0.124 e. The van der Waals surface area contributed by atoms with Crippen molar-refractivity contribution in [2.45, 2.75) is 56.6 Å². The number of hydrogen-bond donors (Lipinski definition) is 1. The molecule has 36 heavy (non-hydrogen) atoms. The molecule has 0 aliphatic carbocycles. The van der Waals surface area contributed by atoms with Gasteiger partial charge in [0.25, 0.3) is 0 Å². The van der Waals surface area contributed by atoms with Crippen LogP contribution >= 0.6 is 0 Å². The molecule has 0 saturated carbocycles. The third kappa shape index (κ3) is 4.95. The number of likely N-dealkylation sites (tertiary alicyclic amines) is 1. The van der Waals surface area contributed by atoms with Crippen molar-refractivity contribution in [1.29, 1.82) is 4.78 Å². The van der Waals surface area contributed by atoms with Crippen LogP contribution in [0.15, 0.2) is 41.7 Å². The summed E-state index contributed by atoms with van der Waals surface area (Å²) in [5.74, 6) is 0.835. The van der Waals surface area contributed by atoms with Crippen LogP contribution in [0.1, 0.15) is 44.2 Å². The maximum absolute atomic E-state index is 14.3. The van der Waals surface area contributed by atoms with E-state index in [2.05, 4.69) is 23.0 Å². The predicted molar refractivity (Wildman–Crippen MR) is 142 cm³/mol. The smallest absolute Gasteiger partial charge is 0.124 e. The van der Waals surface area contributed by atoms with Gasteiger partial charge in [-0.1, -0.05) is 0 Å². The number of aryl methyl sites for hydroxylation is 1. The Balaban J connectivity index is 1.47. The summed E-state index contributed by atoms with van der Waals surface area (Å²) in [6, 6.07) is 4.30. The molecule has 194 valence electrons. The van der Waals surface area contributed by atoms with Gasteiger partial charge in [0.15, 0.2) is 0 Å². The Kier molecular flexibility index (Phi) is 7.21. The molecule has 3 aromatic rings. The predicted octanol–water partition coefficient (Wildman–Crippen LogP) is 5.58. The highest BCUT2D eigenvalue weighted by Crippen LogP contribution is 2.34. The zero-order valence-corrected chi connectivity index (χ0v) is 22.3. The minimum Gasteiger partial charge on any atom is -0.381 e. The number of fused-ring (bicyclic) bond motifs is 1. The summed E-state index contributed by atoms with van der Waals surface area (Å²) in [5, 5.41) is 0.726. The quantitative estimate of drug-likeness (QED) is 0.449. The molecule has 2 fully saturated rings. The minimum atomic E-state index is -3.19. The Morgan fingerprint density at radius 1 is 1.19 bits per heavy atom. The van der Waals surface area contributed by atoms with Crippen LogP contribution in [0, 0.1) is 29.4 Å². The summed E-state index contributed by atoms with van der Waals surface area (Å²) >= 11 is 0. The Labute approximate surface area is 213 Å². The molecule has 6 nitrogen and oxygen atoms in total. The van der Waals surface area contributed by atoms with E-state index in [-0.39, 0.29) is 4.90 Å². The Hall–Kier alpha value is -2.29. The fourth-order valence-corrected chi connectivity index (χ4v) is 7.10. The summed E-state index contributed by atoms with van der Waals surface area (Å²) in [4.78, 5) is 7.29. The summed E-state index contributed by atoms with van der Waals surface area (Å²) in [5.41, 5.74) is 3.84. The van der Waals surface area contributed by atoms with Crippen LogP contribution < -0.4 is 0 Å². The SMILES string of the molecule is Cc1cncc2c1c(C[C@H]1CCN(CC3CCOCC3)C1)cn2-c1ccc(F)cc1[S@@](=N)(=O)C(C)C. The lowest BCUT2D eigenvalue weighted by atomic mass is 9.97. The van der Waals surface area contributed by atoms with Gasteiger partial charge >= 0.3 is 0 Å². The average molecular weight is 513 g/mol. The van der Waals surface area contributed by atoms with Gasteiger partial charge in [0, 0.05) is 49.3 Å². The van der Waals surface area contributed by atoms with Gasteiger partial charge in [-0.15, -0.1) is 0 Å². The third-order valence-corrected chi connectivity index (χ3v) is 10.2. The number of ether oxygens (including phenoxy) is 1. The summed E-state index contributed by atoms with van der Waals surface area (Å²) in [7, 11) is -3.19. The maximum atomic E-state index is 14.3. The first-order valence-electron chi connectivity index (χ1n) is 13.1. The first-order valence-corrected chi connectivity index (χ1v) is 14.7. The minimum absolute atomic E-state index is 0.242. The molecule has 8 heteroatoms. The molecule has 2 aliphatic heterocycles. The molecule has 2 atom stereocenters. The third-order valence-electron chi connectivity index (χ3n) is 7.89. The van der Waals surface area contributed by atoms with Crippen LogP contribution in [0.5, 0.6) is 0 Å². The van der Waals surface area contributed by atoms with Crippen LogP contribution in [0.4, 0.5) is 4.39 Å². The van der Waals surface area contributed by atoms with E-state index in [0.717, 1.165) is 74.5 Å². The highest BCUT2D eigenvalue weighted by atomic mass is 32.2. The second kappa shape index (κ2) is 10.2. The zero-order valence-electron chi connectivity index (χ0n) is 21.5. The molecule has 2 aliphatic rings. The van der Waals surface area contributed by atoms with Crippen LogP contribution in [0.3, 0.4) is 0 Å². The zero-order chi connectivity index (χ0) is 25.4. The van der Waals surface area contributed by atoms with Crippen molar-refractivity contribution in [2.24, 2.45) is 11.8 Å². The Morgan fingerprint density at radius 3 is 2.72 bits per heavy atom. The van der Waals surface area contributed by atoms with E-state index < -0.39 is 20.8 Å². The molecule has 0 spiro atoms. The van der Waals surface area contributed by atoms with E-state index >= 15 is 0 Å². The number of nitrogens with one attached hydrogen (secondary N) is 1. The number of halogens is 1. The molecule has 5 rings (SSSR count). The summed E-state index contributed by atoms with van der Waals surface area (Å²) in [6.07, 6.45) is 10.3. The number of benzene rings is 1. The largest absolute Gasteiger partial charge is 0.381 e. The molecule has 1 aromatic carbocycles. The second-order valence-electron chi connectivity index (χ2n) is 10.8. The van der Waals surface area contributed by atoms with E-state index in [1.807, 2.05) is 17.0 Å². The number of nitrogens with zero attached hydrogens (tertiary/aromatic N) is 3.